The van der Waals surface area contributed by atoms with Crippen LogP contribution in [0.2, 0.25) is 0 Å². The summed E-state index contributed by atoms with van der Waals surface area (Å²) < 4.78 is 0.337. The molecule has 0 radical (unpaired) electrons. The minimum absolute atomic E-state index is 0.0153. The van der Waals surface area contributed by atoms with Crippen molar-refractivity contribution in [3.8, 4) is 5.75 Å². The van der Waals surface area contributed by atoms with E-state index in [1.54, 1.807) is 0 Å². The van der Waals surface area contributed by atoms with E-state index >= 15 is 0 Å². The summed E-state index contributed by atoms with van der Waals surface area (Å²) in [4.78, 5) is 28.8. The third-order valence-corrected chi connectivity index (χ3v) is 6.23. The first kappa shape index (κ1) is 22.2. The number of piperidine rings is 2. The quantitative estimate of drug-likeness (QED) is 0.343. The number of phenolic OH excluding ortho intramolecular Hbond substituents is 1. The Bertz CT molecular complexity index is 970. The number of nitrogens with zero attached hydrogens (tertiary/aromatic N) is 7. The first-order valence-corrected chi connectivity index (χ1v) is 11.5. The highest BCUT2D eigenvalue weighted by Gasteiger charge is 2.21. The lowest BCUT2D eigenvalue weighted by molar-refractivity contribution is -0.385. The molecule has 4 rings (SSSR count). The molecule has 1 aromatic carbocycles. The number of halogens is 1. The molecule has 0 atom stereocenters. The van der Waals surface area contributed by atoms with E-state index in [1.165, 1.54) is 31.2 Å². The first-order chi connectivity index (χ1) is 15.5. The van der Waals surface area contributed by atoms with Gasteiger partial charge < -0.3 is 14.9 Å². The Morgan fingerprint density at radius 3 is 2.09 bits per heavy atom. The number of hydrogen-bond acceptors (Lipinski definition) is 10. The van der Waals surface area contributed by atoms with E-state index in [9.17, 15) is 15.2 Å². The van der Waals surface area contributed by atoms with E-state index in [4.69, 9.17) is 4.98 Å². The van der Waals surface area contributed by atoms with Gasteiger partial charge in [0, 0.05) is 32.2 Å². The largest absolute Gasteiger partial charge is 0.506 e. The predicted octanol–water partition coefficient (Wildman–Crippen LogP) is 3.67. The zero-order valence-electron chi connectivity index (χ0n) is 17.6. The maximum absolute atomic E-state index is 11.3. The van der Waals surface area contributed by atoms with Crippen molar-refractivity contribution in [1.82, 2.24) is 15.0 Å². The number of hydrogen-bond donors (Lipinski definition) is 2. The van der Waals surface area contributed by atoms with E-state index in [0.29, 0.717) is 16.4 Å². The van der Waals surface area contributed by atoms with Gasteiger partial charge in [-0.1, -0.05) is 0 Å². The minimum Gasteiger partial charge on any atom is -0.506 e. The van der Waals surface area contributed by atoms with Gasteiger partial charge >= 0.3 is 0 Å². The summed E-state index contributed by atoms with van der Waals surface area (Å²) in [5, 5.41) is 25.6. The number of anilines is 3. The Kier molecular flexibility index (Phi) is 6.98. The van der Waals surface area contributed by atoms with Crippen LogP contribution in [-0.4, -0.2) is 57.4 Å². The van der Waals surface area contributed by atoms with Crippen molar-refractivity contribution in [3.05, 3.63) is 32.3 Å². The fraction of sp³-hybridized carbons (Fsp3) is 0.500. The zero-order chi connectivity index (χ0) is 22.5. The van der Waals surface area contributed by atoms with Crippen LogP contribution in [0.25, 0.3) is 0 Å². The van der Waals surface area contributed by atoms with Crippen LogP contribution >= 0.6 is 15.9 Å². The van der Waals surface area contributed by atoms with Gasteiger partial charge in [-0.3, -0.25) is 10.1 Å². The normalized spacial score (nSPS) is 17.0. The number of nitrogens with one attached hydrogen (secondary N) is 1. The number of nitro benzene ring substituents is 1. The Hall–Kier alpha value is -3.02. The van der Waals surface area contributed by atoms with Crippen LogP contribution in [0, 0.1) is 10.1 Å². The molecule has 1 aromatic heterocycles. The molecule has 170 valence electrons. The van der Waals surface area contributed by atoms with Gasteiger partial charge in [-0.05, 0) is 60.5 Å². The fourth-order valence-corrected chi connectivity index (χ4v) is 4.23. The zero-order valence-corrected chi connectivity index (χ0v) is 19.2. The Morgan fingerprint density at radius 2 is 1.56 bits per heavy atom. The number of aromatic nitrogens is 3. The van der Waals surface area contributed by atoms with Crippen LogP contribution in [0.5, 0.6) is 5.75 Å². The molecule has 0 spiro atoms. The molecule has 0 bridgehead atoms. The summed E-state index contributed by atoms with van der Waals surface area (Å²) in [5.41, 5.74) is 2.50. The molecule has 2 fully saturated rings. The molecule has 0 unspecified atom stereocenters. The molecule has 32 heavy (non-hydrogen) atoms. The standard InChI is InChI=1S/C20H25BrN8O3/c21-15-7-8-16(29(31)32)14(17(15)30)13-22-26-18-23-19(27-9-3-1-4-10-27)25-20(24-18)28-11-5-2-6-12-28/h7-8,13,30H,1-6,9-12H2,(H,23,24,25,26). The Balaban J connectivity index is 1.61. The molecule has 2 N–H and O–H groups in total. The first-order valence-electron chi connectivity index (χ1n) is 10.7. The SMILES string of the molecule is O=[N+]([O-])c1ccc(Br)c(O)c1C=NNc1nc(N2CCCCC2)nc(N2CCCCC2)n1. The molecule has 2 aromatic rings. The van der Waals surface area contributed by atoms with E-state index in [1.807, 2.05) is 0 Å². The van der Waals surface area contributed by atoms with Crippen LogP contribution in [0.3, 0.4) is 0 Å². The number of benzene rings is 1. The van der Waals surface area contributed by atoms with Crippen molar-refractivity contribution in [2.24, 2.45) is 5.10 Å². The molecule has 0 saturated carbocycles. The molecule has 0 aliphatic carbocycles. The molecular formula is C20H25BrN8O3. The van der Waals surface area contributed by atoms with Crippen molar-refractivity contribution >= 4 is 45.7 Å². The molecule has 3 heterocycles. The summed E-state index contributed by atoms with van der Waals surface area (Å²) in [5.74, 6) is 1.21. The highest BCUT2D eigenvalue weighted by atomic mass is 79.9. The van der Waals surface area contributed by atoms with Gasteiger partial charge in [0.2, 0.25) is 17.8 Å². The monoisotopic (exact) mass is 504 g/mol. The van der Waals surface area contributed by atoms with Crippen LogP contribution in [-0.2, 0) is 0 Å². The van der Waals surface area contributed by atoms with Gasteiger partial charge in [-0.2, -0.15) is 20.1 Å². The highest BCUT2D eigenvalue weighted by molar-refractivity contribution is 9.10. The van der Waals surface area contributed by atoms with Gasteiger partial charge in [-0.15, -0.1) is 0 Å². The average molecular weight is 505 g/mol. The van der Waals surface area contributed by atoms with E-state index < -0.39 is 4.92 Å². The Morgan fingerprint density at radius 1 is 1.00 bits per heavy atom. The molecule has 11 nitrogen and oxygen atoms in total. The average Bonchev–Trinajstić information content (AvgIpc) is 2.82. The van der Waals surface area contributed by atoms with E-state index in [2.05, 4.69) is 46.2 Å². The predicted molar refractivity (Wildman–Crippen MR) is 126 cm³/mol. The van der Waals surface area contributed by atoms with Gasteiger partial charge in [0.25, 0.3) is 5.69 Å². The number of phenols is 1. The number of hydrazone groups is 1. The second kappa shape index (κ2) is 10.1. The van der Waals surface area contributed by atoms with Crippen molar-refractivity contribution in [1.29, 1.82) is 0 Å². The van der Waals surface area contributed by atoms with Crippen LogP contribution < -0.4 is 15.2 Å². The smallest absolute Gasteiger partial charge is 0.282 e. The second-order valence-corrected chi connectivity index (χ2v) is 8.66. The summed E-state index contributed by atoms with van der Waals surface area (Å²) in [6.45, 7) is 3.57. The lowest BCUT2D eigenvalue weighted by atomic mass is 10.1. The molecule has 2 saturated heterocycles. The highest BCUT2D eigenvalue weighted by Crippen LogP contribution is 2.33. The number of nitro groups is 1. The van der Waals surface area contributed by atoms with Crippen LogP contribution in [0.1, 0.15) is 44.1 Å². The summed E-state index contributed by atoms with van der Waals surface area (Å²) in [7, 11) is 0. The van der Waals surface area contributed by atoms with Gasteiger partial charge in [0.05, 0.1) is 15.6 Å². The third-order valence-electron chi connectivity index (χ3n) is 5.59. The number of rotatable bonds is 6. The van der Waals surface area contributed by atoms with E-state index in [0.717, 1.165) is 51.9 Å². The maximum atomic E-state index is 11.3. The maximum Gasteiger partial charge on any atom is 0.282 e. The van der Waals surface area contributed by atoms with Crippen molar-refractivity contribution in [2.45, 2.75) is 38.5 Å². The lowest BCUT2D eigenvalue weighted by Crippen LogP contribution is -2.34. The molecule has 2 aliphatic heterocycles. The second-order valence-electron chi connectivity index (χ2n) is 7.81. The summed E-state index contributed by atoms with van der Waals surface area (Å²) >= 11 is 3.17. The molecule has 0 amide bonds. The molecular weight excluding hydrogens is 480 g/mol. The summed E-state index contributed by atoms with van der Waals surface area (Å²) in [6, 6.07) is 2.72. The topological polar surface area (TPSA) is 133 Å². The van der Waals surface area contributed by atoms with Gasteiger partial charge in [0.1, 0.15) is 11.3 Å². The van der Waals surface area contributed by atoms with E-state index in [-0.39, 0.29) is 22.9 Å². The van der Waals surface area contributed by atoms with Gasteiger partial charge in [-0.25, -0.2) is 5.43 Å². The minimum atomic E-state index is -0.570. The third kappa shape index (κ3) is 5.06. The molecule has 2 aliphatic rings. The van der Waals surface area contributed by atoms with Crippen molar-refractivity contribution in [2.75, 3.05) is 41.4 Å². The van der Waals surface area contributed by atoms with Gasteiger partial charge in [0.15, 0.2) is 0 Å². The molecule has 12 heteroatoms. The fourth-order valence-electron chi connectivity index (χ4n) is 3.89. The van der Waals surface area contributed by atoms with Crippen LogP contribution in [0.4, 0.5) is 23.5 Å². The number of aromatic hydroxyl groups is 1. The summed E-state index contributed by atoms with van der Waals surface area (Å²) in [6.07, 6.45) is 7.97. The lowest BCUT2D eigenvalue weighted by Gasteiger charge is -2.30. The van der Waals surface area contributed by atoms with Crippen molar-refractivity contribution < 1.29 is 10.0 Å². The van der Waals surface area contributed by atoms with Crippen molar-refractivity contribution in [3.63, 3.8) is 0 Å². The Labute approximate surface area is 193 Å². The van der Waals surface area contributed by atoms with Crippen LogP contribution in [0.15, 0.2) is 21.7 Å².